The molecule has 0 saturated carbocycles. The van der Waals surface area contributed by atoms with E-state index in [0.717, 1.165) is 6.42 Å². The fraction of sp³-hybridized carbons (Fsp3) is 0.400. The first-order chi connectivity index (χ1) is 9.74. The fourth-order valence-electron chi connectivity index (χ4n) is 2.01. The molecule has 1 aliphatic rings. The lowest BCUT2D eigenvalue weighted by atomic mass is 10.1. The lowest BCUT2D eigenvalue weighted by Crippen LogP contribution is -2.35. The van der Waals surface area contributed by atoms with E-state index in [2.05, 4.69) is 17.2 Å². The number of benzene rings is 1. The van der Waals surface area contributed by atoms with Crippen molar-refractivity contribution in [2.24, 2.45) is 5.73 Å². The Kier molecular flexibility index (Phi) is 4.99. The minimum absolute atomic E-state index is 0.0863. The van der Waals surface area contributed by atoms with Gasteiger partial charge in [-0.2, -0.15) is 0 Å². The highest BCUT2D eigenvalue weighted by Crippen LogP contribution is 2.19. The topological polar surface area (TPSA) is 73.6 Å². The maximum Gasteiger partial charge on any atom is 0.251 e. The Morgan fingerprint density at radius 2 is 2.45 bits per heavy atom. The minimum atomic E-state index is -0.126. The lowest BCUT2D eigenvalue weighted by molar-refractivity contribution is 0.0930. The van der Waals surface area contributed by atoms with Crippen LogP contribution in [-0.2, 0) is 4.74 Å². The standard InChI is InChI=1S/C15H18N2O3/c1-19-14-5-4-12(9-11(14)3-2-7-16)15(18)17-13-6-8-20-10-13/h4-5,9,13H,6-8,10,16H2,1H3,(H,17,18). The smallest absolute Gasteiger partial charge is 0.251 e. The maximum absolute atomic E-state index is 12.1. The van der Waals surface area contributed by atoms with Crippen LogP contribution in [0.5, 0.6) is 5.75 Å². The lowest BCUT2D eigenvalue weighted by Gasteiger charge is -2.11. The quantitative estimate of drug-likeness (QED) is 0.788. The molecule has 1 aliphatic heterocycles. The Labute approximate surface area is 118 Å². The van der Waals surface area contributed by atoms with Crippen LogP contribution < -0.4 is 15.8 Å². The largest absolute Gasteiger partial charge is 0.495 e. The second-order valence-electron chi connectivity index (χ2n) is 4.45. The van der Waals surface area contributed by atoms with Crippen molar-refractivity contribution in [3.8, 4) is 17.6 Å². The van der Waals surface area contributed by atoms with Crippen molar-refractivity contribution in [1.82, 2.24) is 5.32 Å². The Morgan fingerprint density at radius 3 is 3.10 bits per heavy atom. The van der Waals surface area contributed by atoms with Crippen LogP contribution in [0.25, 0.3) is 0 Å². The summed E-state index contributed by atoms with van der Waals surface area (Å²) in [7, 11) is 1.57. The summed E-state index contributed by atoms with van der Waals surface area (Å²) >= 11 is 0. The van der Waals surface area contributed by atoms with Crippen LogP contribution in [0.2, 0.25) is 0 Å². The zero-order chi connectivity index (χ0) is 14.4. The molecule has 1 aromatic rings. The number of carbonyl (C=O) groups excluding carboxylic acids is 1. The van der Waals surface area contributed by atoms with Crippen molar-refractivity contribution in [3.63, 3.8) is 0 Å². The minimum Gasteiger partial charge on any atom is -0.495 e. The first-order valence-electron chi connectivity index (χ1n) is 6.50. The van der Waals surface area contributed by atoms with Gasteiger partial charge in [-0.05, 0) is 24.6 Å². The molecule has 3 N–H and O–H groups in total. The molecular weight excluding hydrogens is 256 g/mol. The molecule has 1 saturated heterocycles. The molecular formula is C15H18N2O3. The summed E-state index contributed by atoms with van der Waals surface area (Å²) in [6, 6.07) is 5.26. The normalized spacial score (nSPS) is 17.2. The van der Waals surface area contributed by atoms with E-state index < -0.39 is 0 Å². The maximum atomic E-state index is 12.1. The number of rotatable bonds is 3. The predicted molar refractivity (Wildman–Crippen MR) is 75.6 cm³/mol. The third-order valence-corrected chi connectivity index (χ3v) is 3.05. The average molecular weight is 274 g/mol. The van der Waals surface area contributed by atoms with E-state index >= 15 is 0 Å². The van der Waals surface area contributed by atoms with Gasteiger partial charge in [-0.1, -0.05) is 11.8 Å². The van der Waals surface area contributed by atoms with Gasteiger partial charge in [-0.15, -0.1) is 0 Å². The number of carbonyl (C=O) groups is 1. The summed E-state index contributed by atoms with van der Waals surface area (Å²) in [5.74, 6) is 6.18. The van der Waals surface area contributed by atoms with Crippen molar-refractivity contribution in [2.75, 3.05) is 26.9 Å². The highest BCUT2D eigenvalue weighted by Gasteiger charge is 2.19. The Bertz CT molecular complexity index is 540. The molecule has 1 fully saturated rings. The molecule has 0 radical (unpaired) electrons. The summed E-state index contributed by atoms with van der Waals surface area (Å²) in [6.07, 6.45) is 0.849. The molecule has 1 unspecified atom stereocenters. The summed E-state index contributed by atoms with van der Waals surface area (Å²) in [6.45, 7) is 1.53. The summed E-state index contributed by atoms with van der Waals surface area (Å²) in [5.41, 5.74) is 6.58. The van der Waals surface area contributed by atoms with Crippen LogP contribution in [0.3, 0.4) is 0 Å². The molecule has 1 amide bonds. The van der Waals surface area contributed by atoms with E-state index in [-0.39, 0.29) is 18.5 Å². The van der Waals surface area contributed by atoms with Crippen molar-refractivity contribution in [3.05, 3.63) is 29.3 Å². The average Bonchev–Trinajstić information content (AvgIpc) is 2.97. The van der Waals surface area contributed by atoms with Crippen LogP contribution >= 0.6 is 0 Å². The summed E-state index contributed by atoms with van der Waals surface area (Å²) in [5, 5.41) is 2.94. The summed E-state index contributed by atoms with van der Waals surface area (Å²) < 4.78 is 10.5. The third-order valence-electron chi connectivity index (χ3n) is 3.05. The number of hydrogen-bond acceptors (Lipinski definition) is 4. The van der Waals surface area contributed by atoms with Gasteiger partial charge in [0.05, 0.1) is 31.9 Å². The number of amides is 1. The van der Waals surface area contributed by atoms with Gasteiger partial charge in [0.15, 0.2) is 0 Å². The van der Waals surface area contributed by atoms with Crippen LogP contribution in [0.4, 0.5) is 0 Å². The van der Waals surface area contributed by atoms with Crippen molar-refractivity contribution < 1.29 is 14.3 Å². The molecule has 5 heteroatoms. The Morgan fingerprint density at radius 1 is 1.60 bits per heavy atom. The van der Waals surface area contributed by atoms with Gasteiger partial charge in [0, 0.05) is 12.2 Å². The SMILES string of the molecule is COc1ccc(C(=O)NC2CCOC2)cc1C#CCN. The van der Waals surface area contributed by atoms with Crippen LogP contribution in [-0.4, -0.2) is 38.8 Å². The van der Waals surface area contributed by atoms with E-state index in [1.54, 1.807) is 25.3 Å². The van der Waals surface area contributed by atoms with Crippen molar-refractivity contribution >= 4 is 5.91 Å². The molecule has 106 valence electrons. The van der Waals surface area contributed by atoms with E-state index in [0.29, 0.717) is 30.1 Å². The molecule has 1 aromatic carbocycles. The van der Waals surface area contributed by atoms with Gasteiger partial charge in [-0.3, -0.25) is 4.79 Å². The third kappa shape index (κ3) is 3.50. The molecule has 2 rings (SSSR count). The molecule has 0 spiro atoms. The number of methoxy groups -OCH3 is 1. The molecule has 0 aromatic heterocycles. The Hall–Kier alpha value is -2.03. The highest BCUT2D eigenvalue weighted by molar-refractivity contribution is 5.95. The predicted octanol–water partition coefficient (Wildman–Crippen LogP) is 0.524. The van der Waals surface area contributed by atoms with Gasteiger partial charge in [-0.25, -0.2) is 0 Å². The van der Waals surface area contributed by atoms with E-state index in [4.69, 9.17) is 15.2 Å². The van der Waals surface area contributed by atoms with Gasteiger partial charge in [0.1, 0.15) is 5.75 Å². The van der Waals surface area contributed by atoms with Crippen LogP contribution in [0.1, 0.15) is 22.3 Å². The fourth-order valence-corrected chi connectivity index (χ4v) is 2.01. The number of ether oxygens (including phenoxy) is 2. The van der Waals surface area contributed by atoms with Gasteiger partial charge < -0.3 is 20.5 Å². The first-order valence-corrected chi connectivity index (χ1v) is 6.50. The summed E-state index contributed by atoms with van der Waals surface area (Å²) in [4.78, 5) is 12.1. The first kappa shape index (κ1) is 14.4. The van der Waals surface area contributed by atoms with Crippen molar-refractivity contribution in [1.29, 1.82) is 0 Å². The zero-order valence-corrected chi connectivity index (χ0v) is 11.4. The van der Waals surface area contributed by atoms with Gasteiger partial charge in [0.2, 0.25) is 0 Å². The second-order valence-corrected chi connectivity index (χ2v) is 4.45. The zero-order valence-electron chi connectivity index (χ0n) is 11.4. The van der Waals surface area contributed by atoms with Crippen LogP contribution in [0.15, 0.2) is 18.2 Å². The van der Waals surface area contributed by atoms with E-state index in [1.165, 1.54) is 0 Å². The molecule has 5 nitrogen and oxygen atoms in total. The molecule has 1 heterocycles. The molecule has 0 aliphatic carbocycles. The van der Waals surface area contributed by atoms with Gasteiger partial charge in [0.25, 0.3) is 5.91 Å². The monoisotopic (exact) mass is 274 g/mol. The van der Waals surface area contributed by atoms with E-state index in [9.17, 15) is 4.79 Å². The van der Waals surface area contributed by atoms with Crippen molar-refractivity contribution in [2.45, 2.75) is 12.5 Å². The second kappa shape index (κ2) is 6.94. The number of nitrogens with two attached hydrogens (primary N) is 1. The number of nitrogens with one attached hydrogen (secondary N) is 1. The van der Waals surface area contributed by atoms with Crippen LogP contribution in [0, 0.1) is 11.8 Å². The highest BCUT2D eigenvalue weighted by atomic mass is 16.5. The van der Waals surface area contributed by atoms with Gasteiger partial charge >= 0.3 is 0 Å². The number of hydrogen-bond donors (Lipinski definition) is 2. The molecule has 20 heavy (non-hydrogen) atoms. The Balaban J connectivity index is 2.16. The van der Waals surface area contributed by atoms with E-state index in [1.807, 2.05) is 0 Å². The molecule has 0 bridgehead atoms. The molecule has 1 atom stereocenters.